The van der Waals surface area contributed by atoms with Crippen LogP contribution in [0, 0.1) is 13.8 Å². The third-order valence-electron chi connectivity index (χ3n) is 4.17. The highest BCUT2D eigenvalue weighted by atomic mass is 32.2. The largest absolute Gasteiger partial charge is 0.435 e. The number of ether oxygens (including phenoxy) is 1. The molecule has 2 aromatic carbocycles. The number of aryl methyl sites for hydroxylation is 2. The summed E-state index contributed by atoms with van der Waals surface area (Å²) in [7, 11) is 0. The maximum absolute atomic E-state index is 12.6. The summed E-state index contributed by atoms with van der Waals surface area (Å²) >= 11 is 1.17. The van der Waals surface area contributed by atoms with Crippen molar-refractivity contribution in [1.29, 1.82) is 0 Å². The van der Waals surface area contributed by atoms with Crippen molar-refractivity contribution >= 4 is 17.5 Å². The zero-order chi connectivity index (χ0) is 20.3. The molecule has 3 rings (SSSR count). The van der Waals surface area contributed by atoms with Crippen molar-refractivity contribution in [2.45, 2.75) is 37.9 Å². The molecule has 1 atom stereocenters. The van der Waals surface area contributed by atoms with E-state index >= 15 is 0 Å². The lowest BCUT2D eigenvalue weighted by Gasteiger charge is -2.09. The molecule has 0 saturated heterocycles. The average molecular weight is 404 g/mol. The molecule has 5 nitrogen and oxygen atoms in total. The Bertz CT molecular complexity index is 974. The first kappa shape index (κ1) is 20.0. The Hall–Kier alpha value is -2.74. The van der Waals surface area contributed by atoms with E-state index in [9.17, 15) is 13.6 Å². The van der Waals surface area contributed by atoms with E-state index in [2.05, 4.69) is 14.9 Å². The van der Waals surface area contributed by atoms with E-state index in [4.69, 9.17) is 4.42 Å². The minimum absolute atomic E-state index is 0.0265. The lowest BCUT2D eigenvalue weighted by molar-refractivity contribution is -0.0498. The molecule has 0 spiro atoms. The molecule has 28 heavy (non-hydrogen) atoms. The molecule has 0 bridgehead atoms. The SMILES string of the molecule is Cc1ccc(C(=O)C(C)Sc2nnc(-c3ccc(OC(F)F)cc3)o2)cc1C. The predicted octanol–water partition coefficient (Wildman–Crippen LogP) is 5.32. The van der Waals surface area contributed by atoms with Gasteiger partial charge in [0.25, 0.3) is 5.22 Å². The first-order valence-corrected chi connectivity index (χ1v) is 9.38. The molecule has 1 unspecified atom stereocenters. The number of hydrogen-bond acceptors (Lipinski definition) is 6. The summed E-state index contributed by atoms with van der Waals surface area (Å²) in [5, 5.41) is 7.76. The number of carbonyl (C=O) groups excluding carboxylic acids is 1. The summed E-state index contributed by atoms with van der Waals surface area (Å²) < 4.78 is 34.3. The van der Waals surface area contributed by atoms with E-state index in [1.54, 1.807) is 19.1 Å². The maximum Gasteiger partial charge on any atom is 0.387 e. The van der Waals surface area contributed by atoms with Gasteiger partial charge in [-0.3, -0.25) is 4.79 Å². The van der Waals surface area contributed by atoms with Crippen molar-refractivity contribution in [3.8, 4) is 17.2 Å². The van der Waals surface area contributed by atoms with E-state index in [1.165, 1.54) is 23.9 Å². The summed E-state index contributed by atoms with van der Waals surface area (Å²) in [5.41, 5.74) is 3.39. The number of carbonyl (C=O) groups is 1. The van der Waals surface area contributed by atoms with Gasteiger partial charge in [0.05, 0.1) is 5.25 Å². The van der Waals surface area contributed by atoms with Crippen molar-refractivity contribution in [1.82, 2.24) is 10.2 Å². The Morgan fingerprint density at radius 2 is 1.79 bits per heavy atom. The molecule has 1 heterocycles. The molecule has 0 aliphatic carbocycles. The molecule has 0 N–H and O–H groups in total. The van der Waals surface area contributed by atoms with Crippen LogP contribution in [0.3, 0.4) is 0 Å². The smallest absolute Gasteiger partial charge is 0.387 e. The summed E-state index contributed by atoms with van der Waals surface area (Å²) in [5.74, 6) is 0.249. The quantitative estimate of drug-likeness (QED) is 0.392. The average Bonchev–Trinajstić information content (AvgIpc) is 3.12. The third kappa shape index (κ3) is 4.75. The number of nitrogens with zero attached hydrogens (tertiary/aromatic N) is 2. The van der Waals surface area contributed by atoms with Gasteiger partial charge in [0.2, 0.25) is 5.89 Å². The van der Waals surface area contributed by atoms with Gasteiger partial charge in [0.1, 0.15) is 5.75 Å². The lowest BCUT2D eigenvalue weighted by atomic mass is 10.0. The second kappa shape index (κ2) is 8.52. The standard InChI is InChI=1S/C20H18F2N2O3S/c1-11-4-5-15(10-12(11)2)17(25)13(3)28-20-24-23-18(27-20)14-6-8-16(9-7-14)26-19(21)22/h4-10,13,19H,1-3H3. The monoisotopic (exact) mass is 404 g/mol. The molecule has 0 aliphatic heterocycles. The van der Waals surface area contributed by atoms with Crippen LogP contribution in [0.15, 0.2) is 52.1 Å². The lowest BCUT2D eigenvalue weighted by Crippen LogP contribution is -2.13. The number of thioether (sulfide) groups is 1. The number of benzene rings is 2. The molecule has 3 aromatic rings. The first-order chi connectivity index (χ1) is 13.3. The number of hydrogen-bond donors (Lipinski definition) is 0. The molecule has 8 heteroatoms. The fraction of sp³-hybridized carbons (Fsp3) is 0.250. The Balaban J connectivity index is 1.68. The van der Waals surface area contributed by atoms with Crippen LogP contribution in [-0.2, 0) is 0 Å². The number of halogens is 2. The maximum atomic E-state index is 12.6. The second-order valence-electron chi connectivity index (χ2n) is 6.20. The zero-order valence-electron chi connectivity index (χ0n) is 15.5. The van der Waals surface area contributed by atoms with Crippen LogP contribution in [0.4, 0.5) is 8.78 Å². The highest BCUT2D eigenvalue weighted by Gasteiger charge is 2.20. The Labute approximate surface area is 165 Å². The third-order valence-corrected chi connectivity index (χ3v) is 5.11. The molecule has 0 fully saturated rings. The number of aromatic nitrogens is 2. The highest BCUT2D eigenvalue weighted by molar-refractivity contribution is 8.00. The fourth-order valence-corrected chi connectivity index (χ4v) is 3.25. The van der Waals surface area contributed by atoms with Crippen molar-refractivity contribution in [3.05, 3.63) is 59.2 Å². The van der Waals surface area contributed by atoms with Gasteiger partial charge in [-0.2, -0.15) is 8.78 Å². The molecule has 1 aromatic heterocycles. The number of rotatable bonds is 7. The second-order valence-corrected chi connectivity index (χ2v) is 7.49. The topological polar surface area (TPSA) is 65.2 Å². The predicted molar refractivity (Wildman–Crippen MR) is 102 cm³/mol. The molecule has 146 valence electrons. The Morgan fingerprint density at radius 1 is 1.07 bits per heavy atom. The molecular formula is C20H18F2N2O3S. The number of ketones is 1. The molecule has 0 aliphatic rings. The number of alkyl halides is 2. The molecule has 0 saturated carbocycles. The van der Waals surface area contributed by atoms with Crippen LogP contribution in [0.25, 0.3) is 11.5 Å². The van der Waals surface area contributed by atoms with E-state index in [-0.39, 0.29) is 22.6 Å². The van der Waals surface area contributed by atoms with Crippen LogP contribution < -0.4 is 4.74 Å². The van der Waals surface area contributed by atoms with Crippen LogP contribution >= 0.6 is 11.8 Å². The van der Waals surface area contributed by atoms with Gasteiger partial charge >= 0.3 is 6.61 Å². The fourth-order valence-electron chi connectivity index (χ4n) is 2.49. The van der Waals surface area contributed by atoms with Gasteiger partial charge in [-0.1, -0.05) is 23.9 Å². The van der Waals surface area contributed by atoms with Crippen molar-refractivity contribution in [2.24, 2.45) is 0 Å². The van der Waals surface area contributed by atoms with Crippen molar-refractivity contribution in [2.75, 3.05) is 0 Å². The van der Waals surface area contributed by atoms with Crippen LogP contribution in [0.1, 0.15) is 28.4 Å². The van der Waals surface area contributed by atoms with Crippen LogP contribution in [-0.4, -0.2) is 27.8 Å². The van der Waals surface area contributed by atoms with Gasteiger partial charge in [-0.15, -0.1) is 10.2 Å². The van der Waals surface area contributed by atoms with Gasteiger partial charge < -0.3 is 9.15 Å². The minimum Gasteiger partial charge on any atom is -0.435 e. The summed E-state index contributed by atoms with van der Waals surface area (Å²) in [4.78, 5) is 12.6. The highest BCUT2D eigenvalue weighted by Crippen LogP contribution is 2.29. The van der Waals surface area contributed by atoms with E-state index in [0.717, 1.165) is 11.1 Å². The molecule has 0 radical (unpaired) electrons. The van der Waals surface area contributed by atoms with E-state index in [0.29, 0.717) is 11.1 Å². The summed E-state index contributed by atoms with van der Waals surface area (Å²) in [6.45, 7) is 2.86. The van der Waals surface area contributed by atoms with Gasteiger partial charge in [0, 0.05) is 11.1 Å². The summed E-state index contributed by atoms with van der Waals surface area (Å²) in [6.07, 6.45) is 0. The van der Waals surface area contributed by atoms with Crippen LogP contribution in [0.2, 0.25) is 0 Å². The Kier molecular flexibility index (Phi) is 6.08. The van der Waals surface area contributed by atoms with Crippen molar-refractivity contribution < 1.29 is 22.7 Å². The van der Waals surface area contributed by atoms with Crippen molar-refractivity contribution in [3.63, 3.8) is 0 Å². The molecule has 0 amide bonds. The molecular weight excluding hydrogens is 386 g/mol. The van der Waals surface area contributed by atoms with Crippen LogP contribution in [0.5, 0.6) is 5.75 Å². The number of Topliss-reactive ketones (excluding diaryl/α,β-unsaturated/α-hetero) is 1. The Morgan fingerprint density at radius 3 is 2.43 bits per heavy atom. The van der Waals surface area contributed by atoms with E-state index < -0.39 is 11.9 Å². The normalized spacial score (nSPS) is 12.2. The van der Waals surface area contributed by atoms with E-state index in [1.807, 2.05) is 32.0 Å². The first-order valence-electron chi connectivity index (χ1n) is 8.50. The van der Waals surface area contributed by atoms with Gasteiger partial charge in [-0.25, -0.2) is 0 Å². The zero-order valence-corrected chi connectivity index (χ0v) is 16.3. The van der Waals surface area contributed by atoms with Gasteiger partial charge in [0.15, 0.2) is 5.78 Å². The van der Waals surface area contributed by atoms with Gasteiger partial charge in [-0.05, 0) is 62.2 Å². The minimum atomic E-state index is -2.88. The summed E-state index contributed by atoms with van der Waals surface area (Å²) in [6, 6.07) is 11.5.